The van der Waals surface area contributed by atoms with Crippen molar-refractivity contribution in [2.24, 2.45) is 7.05 Å². The van der Waals surface area contributed by atoms with Crippen molar-refractivity contribution in [3.8, 4) is 0 Å². The second kappa shape index (κ2) is 18.9. The van der Waals surface area contributed by atoms with Crippen molar-refractivity contribution >= 4 is 17.1 Å². The molecule has 6 heteroatoms. The highest BCUT2D eigenvalue weighted by Gasteiger charge is 2.17. The van der Waals surface area contributed by atoms with Crippen LogP contribution in [-0.4, -0.2) is 23.1 Å². The number of rotatable bonds is 4. The molecule has 2 aliphatic rings. The summed E-state index contributed by atoms with van der Waals surface area (Å²) >= 11 is 0. The Morgan fingerprint density at radius 3 is 1.48 bits per heavy atom. The van der Waals surface area contributed by atoms with E-state index in [-0.39, 0.29) is 0 Å². The quantitative estimate of drug-likeness (QED) is 0.148. The van der Waals surface area contributed by atoms with Crippen LogP contribution >= 0.6 is 0 Å². The summed E-state index contributed by atoms with van der Waals surface area (Å²) in [6.07, 6.45) is 13.0. The molecule has 1 aromatic carbocycles. The van der Waals surface area contributed by atoms with Crippen LogP contribution in [0.4, 0.5) is 17.1 Å². The van der Waals surface area contributed by atoms with E-state index in [1.807, 2.05) is 24.5 Å². The van der Waals surface area contributed by atoms with Gasteiger partial charge in [-0.1, -0.05) is 67.5 Å². The van der Waals surface area contributed by atoms with Crippen LogP contribution in [0.15, 0.2) is 49.1 Å². The van der Waals surface area contributed by atoms with Crippen LogP contribution in [0, 0.1) is 27.7 Å². The third-order valence-corrected chi connectivity index (χ3v) is 9.96. The van der Waals surface area contributed by atoms with Gasteiger partial charge in [0.2, 0.25) is 0 Å². The van der Waals surface area contributed by atoms with Crippen molar-refractivity contribution in [1.29, 1.82) is 0 Å². The zero-order chi connectivity index (χ0) is 37.1. The molecule has 50 heavy (non-hydrogen) atoms. The first-order valence-electron chi connectivity index (χ1n) is 18.9. The molecule has 3 aromatic heterocycles. The highest BCUT2D eigenvalue weighted by molar-refractivity contribution is 5.59. The van der Waals surface area contributed by atoms with Crippen LogP contribution in [-0.2, 0) is 19.9 Å². The molecule has 0 fully saturated rings. The largest absolute Gasteiger partial charge is 0.399 e. The number of aromatic nitrogens is 3. The van der Waals surface area contributed by atoms with Crippen LogP contribution in [0.2, 0.25) is 0 Å². The lowest BCUT2D eigenvalue weighted by Crippen LogP contribution is -2.27. The Bertz CT molecular complexity index is 1610. The Balaban J connectivity index is 0.000000182. The van der Waals surface area contributed by atoms with E-state index in [4.69, 9.17) is 5.73 Å². The minimum Gasteiger partial charge on any atom is -0.399 e. The number of pyridine rings is 3. The van der Waals surface area contributed by atoms with Crippen molar-refractivity contribution in [2.45, 2.75) is 132 Å². The van der Waals surface area contributed by atoms with Crippen molar-refractivity contribution in [2.75, 3.05) is 29.5 Å². The van der Waals surface area contributed by atoms with E-state index in [1.54, 1.807) is 0 Å². The van der Waals surface area contributed by atoms with E-state index >= 15 is 0 Å². The summed E-state index contributed by atoms with van der Waals surface area (Å²) in [5.74, 6) is 2.33. The fourth-order valence-corrected chi connectivity index (χ4v) is 6.88. The Morgan fingerprint density at radius 2 is 1.08 bits per heavy atom. The van der Waals surface area contributed by atoms with Gasteiger partial charge in [-0.25, -0.2) is 4.57 Å². The standard InChI is InChI=1S/2C12H18N2.C10H16N.C10H15N/c2*1-8(2)10-7-14-11-5-4-6-13-12(11)9(10)3;1-8(2)10-7-11(4)6-5-9(10)3;1-7(2)9-5-4-6-10(11)8(9)3/h2*7-8,13H,4-6H2,1-3H3;5-8H,1-4H3;4-7H,11H2,1-3H3/q;;+1;. The molecule has 0 radical (unpaired) electrons. The Morgan fingerprint density at radius 1 is 0.620 bits per heavy atom. The molecular weight excluding hydrogens is 613 g/mol. The molecule has 0 unspecified atom stereocenters. The molecule has 4 aromatic rings. The molecule has 272 valence electrons. The minimum atomic E-state index is 0.566. The van der Waals surface area contributed by atoms with Gasteiger partial charge in [0.15, 0.2) is 12.4 Å². The van der Waals surface area contributed by atoms with Gasteiger partial charge in [0.1, 0.15) is 7.05 Å². The first kappa shape index (κ1) is 40.5. The molecule has 2 aliphatic heterocycles. The summed E-state index contributed by atoms with van der Waals surface area (Å²) in [5, 5.41) is 6.93. The Labute approximate surface area is 304 Å². The first-order chi connectivity index (χ1) is 23.6. The Hall–Kier alpha value is -3.93. The molecule has 6 nitrogen and oxygen atoms in total. The molecule has 0 spiro atoms. The molecule has 6 rings (SSSR count). The zero-order valence-electron chi connectivity index (χ0n) is 33.6. The lowest BCUT2D eigenvalue weighted by Gasteiger charge is -2.22. The average molecular weight is 680 g/mol. The molecule has 0 amide bonds. The summed E-state index contributed by atoms with van der Waals surface area (Å²) in [7, 11) is 2.06. The van der Waals surface area contributed by atoms with Crippen LogP contribution in [0.5, 0.6) is 0 Å². The lowest BCUT2D eigenvalue weighted by molar-refractivity contribution is -0.672. The van der Waals surface area contributed by atoms with Crippen molar-refractivity contribution in [1.82, 2.24) is 9.97 Å². The van der Waals surface area contributed by atoms with E-state index in [1.165, 1.54) is 80.1 Å². The van der Waals surface area contributed by atoms with Gasteiger partial charge in [0.25, 0.3) is 0 Å². The van der Waals surface area contributed by atoms with Gasteiger partial charge in [-0.15, -0.1) is 0 Å². The summed E-state index contributed by atoms with van der Waals surface area (Å²) < 4.78 is 2.10. The van der Waals surface area contributed by atoms with Crippen molar-refractivity contribution in [3.05, 3.63) is 105 Å². The van der Waals surface area contributed by atoms with Gasteiger partial charge < -0.3 is 16.4 Å². The van der Waals surface area contributed by atoms with Crippen molar-refractivity contribution < 1.29 is 4.57 Å². The van der Waals surface area contributed by atoms with Crippen LogP contribution in [0.3, 0.4) is 0 Å². The number of anilines is 3. The van der Waals surface area contributed by atoms with E-state index in [0.29, 0.717) is 23.7 Å². The van der Waals surface area contributed by atoms with Crippen LogP contribution in [0.25, 0.3) is 0 Å². The number of nitrogens with one attached hydrogen (secondary N) is 2. The molecule has 0 saturated heterocycles. The predicted molar refractivity (Wildman–Crippen MR) is 216 cm³/mol. The molecule has 4 N–H and O–H groups in total. The molecule has 0 aliphatic carbocycles. The van der Waals surface area contributed by atoms with Gasteiger partial charge in [-0.2, -0.15) is 0 Å². The number of nitrogens with zero attached hydrogens (tertiary/aromatic N) is 3. The fraction of sp³-hybridized carbons (Fsp3) is 0.523. The van der Waals surface area contributed by atoms with E-state index in [2.05, 4.69) is 140 Å². The minimum absolute atomic E-state index is 0.566. The molecule has 5 heterocycles. The molecule has 0 saturated carbocycles. The number of benzene rings is 1. The second-order valence-electron chi connectivity index (χ2n) is 15.3. The maximum Gasteiger partial charge on any atom is 0.172 e. The highest BCUT2D eigenvalue weighted by Crippen LogP contribution is 2.31. The van der Waals surface area contributed by atoms with E-state index in [0.717, 1.165) is 31.6 Å². The molecular formula is C44H67N6+. The van der Waals surface area contributed by atoms with E-state index in [9.17, 15) is 0 Å². The summed E-state index contributed by atoms with van der Waals surface area (Å²) in [4.78, 5) is 9.08. The number of fused-ring (bicyclic) bond motifs is 2. The SMILES string of the molecule is Cc1c(C(C)C)cnc2c1NCCC2.Cc1c(C(C)C)cnc2c1NCCC2.Cc1c(N)cccc1C(C)C.Cc1cc[n+](C)cc1C(C)C. The summed E-state index contributed by atoms with van der Waals surface area (Å²) in [5.41, 5.74) is 22.7. The monoisotopic (exact) mass is 680 g/mol. The first-order valence-corrected chi connectivity index (χ1v) is 18.9. The molecule has 0 atom stereocenters. The number of aryl methyl sites for hydroxylation is 4. The fourth-order valence-electron chi connectivity index (χ4n) is 6.88. The maximum absolute atomic E-state index is 5.76. The van der Waals surface area contributed by atoms with Gasteiger partial charge in [0, 0.05) is 42.8 Å². The topological polar surface area (TPSA) is 79.7 Å². The second-order valence-corrected chi connectivity index (χ2v) is 15.3. The normalized spacial score (nSPS) is 13.1. The highest BCUT2D eigenvalue weighted by atomic mass is 14.9. The number of nitrogen functional groups attached to an aromatic ring is 1. The number of nitrogens with two attached hydrogens (primary N) is 1. The van der Waals surface area contributed by atoms with Crippen LogP contribution in [0.1, 0.15) is 148 Å². The third-order valence-electron chi connectivity index (χ3n) is 9.96. The zero-order valence-corrected chi connectivity index (χ0v) is 33.6. The smallest absolute Gasteiger partial charge is 0.172 e. The predicted octanol–water partition coefficient (Wildman–Crippen LogP) is 10.4. The van der Waals surface area contributed by atoms with E-state index < -0.39 is 0 Å². The van der Waals surface area contributed by atoms with Crippen LogP contribution < -0.4 is 20.9 Å². The van der Waals surface area contributed by atoms with Crippen molar-refractivity contribution in [3.63, 3.8) is 0 Å². The average Bonchev–Trinajstić information content (AvgIpc) is 3.08. The number of hydrogen-bond acceptors (Lipinski definition) is 5. The Kier molecular flexibility index (Phi) is 15.3. The van der Waals surface area contributed by atoms with Gasteiger partial charge in [0.05, 0.1) is 22.8 Å². The van der Waals surface area contributed by atoms with Gasteiger partial charge in [-0.05, 0) is 122 Å². The lowest BCUT2D eigenvalue weighted by atomic mass is 9.96. The van der Waals surface area contributed by atoms with Gasteiger partial charge >= 0.3 is 0 Å². The molecule has 0 bridgehead atoms. The summed E-state index contributed by atoms with van der Waals surface area (Å²) in [6.45, 7) is 28.5. The third kappa shape index (κ3) is 10.8. The van der Waals surface area contributed by atoms with Gasteiger partial charge in [-0.3, -0.25) is 9.97 Å². The maximum atomic E-state index is 5.76. The summed E-state index contributed by atoms with van der Waals surface area (Å²) in [6, 6.07) is 8.25. The number of hydrogen-bond donors (Lipinski definition) is 3.